The molecule has 0 saturated heterocycles. The average molecular weight is 1520 g/mol. The molecule has 0 saturated carbocycles. The monoisotopic (exact) mass is 1520 g/mol. The highest BCUT2D eigenvalue weighted by Gasteiger charge is 2.05. The molecule has 0 aliphatic carbocycles. The topological polar surface area (TPSA) is 0 Å². The largest absolute Gasteiger partial charge is 0.269 e. The van der Waals surface area contributed by atoms with Gasteiger partial charge in [0, 0.05) is 24.5 Å². The Labute approximate surface area is 659 Å². The van der Waals surface area contributed by atoms with E-state index < -0.39 is 0 Å². The highest BCUT2D eigenvalue weighted by Crippen LogP contribution is 2.20. The third-order valence-electron chi connectivity index (χ3n) is 18.6. The molecule has 0 nitrogen and oxygen atoms in total. The van der Waals surface area contributed by atoms with E-state index in [1.54, 1.807) is 0 Å². The second-order valence-electron chi connectivity index (χ2n) is 27.1. The van der Waals surface area contributed by atoms with Crippen molar-refractivity contribution >= 4 is 63.1 Å². The van der Waals surface area contributed by atoms with Crippen molar-refractivity contribution < 1.29 is 23.5 Å². The molecule has 0 aliphatic heterocycles. The zero-order chi connectivity index (χ0) is 71.0. The molecule has 0 unspecified atom stereocenters. The van der Waals surface area contributed by atoms with Crippen molar-refractivity contribution in [2.45, 2.75) is 252 Å². The molecule has 0 amide bonds. The first-order valence-corrected chi connectivity index (χ1v) is 40.1. The van der Waals surface area contributed by atoms with Crippen LogP contribution >= 0.6 is 63.1 Å². The third-order valence-corrected chi connectivity index (χ3v) is 19.9. The number of halogens is 5. The third kappa shape index (κ3) is 42.8. The van der Waals surface area contributed by atoms with Crippen LogP contribution in [0.4, 0.5) is 23.5 Å². The van der Waals surface area contributed by atoms with E-state index >= 15 is 0 Å². The summed E-state index contributed by atoms with van der Waals surface area (Å²) in [6, 6.07) is 87.3. The Hall–Kier alpha value is -7.05. The second-order valence-corrected chi connectivity index (χ2v) is 29.4. The molecule has 0 heterocycles. The Morgan fingerprint density at radius 1 is 0.133 bits per heavy atom. The van der Waals surface area contributed by atoms with Crippen LogP contribution in [0.25, 0.3) is 0 Å². The summed E-state index contributed by atoms with van der Waals surface area (Å²) in [5.74, 6) is 0. The van der Waals surface area contributed by atoms with E-state index in [2.05, 4.69) is 217 Å². The van der Waals surface area contributed by atoms with Crippen molar-refractivity contribution in [3.8, 4) is 0 Å². The highest BCUT2D eigenvalue weighted by molar-refractivity contribution is 7.81. The minimum Gasteiger partial charge on any atom is -0.269 e. The van der Waals surface area contributed by atoms with Gasteiger partial charge in [-0.3, -0.25) is 23.5 Å². The van der Waals surface area contributed by atoms with E-state index in [0.717, 1.165) is 88.7 Å². The molecule has 10 aromatic rings. The molecule has 105 heavy (non-hydrogen) atoms. The predicted molar refractivity (Wildman–Crippen MR) is 459 cm³/mol. The van der Waals surface area contributed by atoms with Gasteiger partial charge in [-0.15, -0.1) is 0 Å². The van der Waals surface area contributed by atoms with Crippen LogP contribution in [0.5, 0.6) is 0 Å². The smallest absolute Gasteiger partial charge is 0.0377 e. The van der Waals surface area contributed by atoms with Gasteiger partial charge in [0.05, 0.1) is 0 Å². The molecule has 0 N–H and O–H groups in total. The first-order valence-electron chi connectivity index (χ1n) is 38.1. The lowest BCUT2D eigenvalue weighted by Gasteiger charge is -2.05. The first-order chi connectivity index (χ1) is 48.9. The predicted octanol–water partition coefficient (Wildman–Crippen LogP) is 29.6. The number of hydrogen-bond acceptors (Lipinski definition) is 0. The van der Waals surface area contributed by atoms with Crippen molar-refractivity contribution in [3.05, 3.63) is 326 Å². The summed E-state index contributed by atoms with van der Waals surface area (Å²) < 4.78 is 0. The van der Waals surface area contributed by atoms with E-state index in [0.29, 0.717) is 0 Å². The van der Waals surface area contributed by atoms with Gasteiger partial charge < -0.3 is 0 Å². The summed E-state index contributed by atoms with van der Waals surface area (Å²) >= 11 is 25.5. The summed E-state index contributed by atoms with van der Waals surface area (Å²) in [5, 5.41) is 0. The van der Waals surface area contributed by atoms with E-state index in [9.17, 15) is 0 Å². The van der Waals surface area contributed by atoms with E-state index in [4.69, 9.17) is 63.1 Å². The first kappa shape index (κ1) is 96.0. The number of aryl methyl sites for hydroxylation is 15. The fourth-order valence-corrected chi connectivity index (χ4v) is 12.7. The molecular weight excluding hydrogens is 1400 g/mol. The maximum absolute atomic E-state index is 5.11. The molecule has 565 valence electrons. The number of rotatable bonds is 35. The number of unbranched alkanes of at least 4 members (excludes halogenated alkanes) is 10. The molecule has 10 heteroatoms. The molecule has 0 fully saturated rings. The lowest BCUT2D eigenvalue weighted by atomic mass is 10.0. The van der Waals surface area contributed by atoms with Crippen LogP contribution in [-0.4, -0.2) is 0 Å². The zero-order valence-corrected chi connectivity index (χ0v) is 67.5. The van der Waals surface area contributed by atoms with E-state index in [-0.39, 0.29) is 23.5 Å². The van der Waals surface area contributed by atoms with Crippen LogP contribution in [-0.2, 0) is 96.3 Å². The summed E-state index contributed by atoms with van der Waals surface area (Å²) in [5.41, 5.74) is 21.3. The summed E-state index contributed by atoms with van der Waals surface area (Å²) in [4.78, 5) is 4.61. The van der Waals surface area contributed by atoms with E-state index in [1.807, 2.05) is 60.7 Å². The SMILES string of the molecule is CCCCCc1ccc(CCc2ccc([S])cc2)cc1.CCCCCc1ccc(CCc2ccc([S])cc2)cc1.CCCCCc1ccc(CCc2ccc([S])cc2)cc1.CCCCCc1ccc(CCc2ccc([S])cc2)cc1.CCCCCc1ccc(CCc2ccc([S])cc2)cc1.F.F.F.F.F. The molecule has 10 aromatic carbocycles. The van der Waals surface area contributed by atoms with Gasteiger partial charge in [0.2, 0.25) is 0 Å². The molecule has 10 rings (SSSR count). The van der Waals surface area contributed by atoms with Crippen molar-refractivity contribution in [2.24, 2.45) is 0 Å². The van der Waals surface area contributed by atoms with Gasteiger partial charge in [0.15, 0.2) is 0 Å². The van der Waals surface area contributed by atoms with Crippen LogP contribution in [0.2, 0.25) is 0 Å². The Kier molecular flexibility index (Phi) is 54.0. The second kappa shape index (κ2) is 59.0. The average Bonchev–Trinajstić information content (AvgIpc) is 0.996. The maximum Gasteiger partial charge on any atom is 0.0377 e. The van der Waals surface area contributed by atoms with Crippen LogP contribution < -0.4 is 0 Å². The molecule has 0 bridgehead atoms. The minimum absolute atomic E-state index is 0. The molecule has 0 atom stereocenters. The lowest BCUT2D eigenvalue weighted by Crippen LogP contribution is -1.92. The van der Waals surface area contributed by atoms with Crippen molar-refractivity contribution in [1.82, 2.24) is 0 Å². The standard InChI is InChI=1S/5C19H23S.5FH/c5*1-2-3-4-5-16-6-8-17(9-7-16)10-11-18-12-14-19(20)15-13-18;;;;;/h5*6-9,12-15H,2-5,10-11H2,1H3;5*1H. The van der Waals surface area contributed by atoms with Gasteiger partial charge in [-0.25, -0.2) is 0 Å². The summed E-state index contributed by atoms with van der Waals surface area (Å²) in [6.07, 6.45) is 36.7. The summed E-state index contributed by atoms with van der Waals surface area (Å²) in [6.45, 7) is 11.3. The molecular formula is C95H120F5S5. The van der Waals surface area contributed by atoms with Gasteiger partial charge in [0.25, 0.3) is 0 Å². The van der Waals surface area contributed by atoms with Gasteiger partial charge in [-0.2, -0.15) is 0 Å². The van der Waals surface area contributed by atoms with Gasteiger partial charge in [0.1, 0.15) is 0 Å². The highest BCUT2D eigenvalue weighted by atomic mass is 32.1. The molecule has 5 radical (unpaired) electrons. The summed E-state index contributed by atoms with van der Waals surface area (Å²) in [7, 11) is 0. The number of hydrogen-bond donors (Lipinski definition) is 0. The van der Waals surface area contributed by atoms with Crippen LogP contribution in [0.1, 0.15) is 214 Å². The minimum atomic E-state index is 0. The Morgan fingerprint density at radius 3 is 0.314 bits per heavy atom. The fraction of sp³-hybridized carbons (Fsp3) is 0.368. The van der Waals surface area contributed by atoms with Crippen LogP contribution in [0.3, 0.4) is 0 Å². The van der Waals surface area contributed by atoms with Crippen molar-refractivity contribution in [1.29, 1.82) is 0 Å². The Bertz CT molecular complexity index is 3090. The quantitative estimate of drug-likeness (QED) is 0.0274. The van der Waals surface area contributed by atoms with Gasteiger partial charge in [-0.05, 0) is 273 Å². The van der Waals surface area contributed by atoms with Gasteiger partial charge in [-0.1, -0.05) is 344 Å². The van der Waals surface area contributed by atoms with Crippen LogP contribution in [0.15, 0.2) is 267 Å². The van der Waals surface area contributed by atoms with Crippen molar-refractivity contribution in [2.75, 3.05) is 0 Å². The van der Waals surface area contributed by atoms with Crippen molar-refractivity contribution in [3.63, 3.8) is 0 Å². The van der Waals surface area contributed by atoms with E-state index in [1.165, 1.54) is 212 Å². The molecule has 0 spiro atoms. The fourth-order valence-electron chi connectivity index (χ4n) is 12.0. The Balaban J connectivity index is 0.000000649. The lowest BCUT2D eigenvalue weighted by molar-refractivity contribution is 0.717. The molecule has 0 aromatic heterocycles. The Morgan fingerprint density at radius 2 is 0.219 bits per heavy atom. The van der Waals surface area contributed by atoms with Crippen LogP contribution in [0, 0.1) is 0 Å². The van der Waals surface area contributed by atoms with Gasteiger partial charge >= 0.3 is 0 Å². The zero-order valence-electron chi connectivity index (χ0n) is 63.4. The molecule has 0 aliphatic rings. The maximum atomic E-state index is 5.11. The number of benzene rings is 10. The normalized spacial score (nSPS) is 10.1.